The lowest BCUT2D eigenvalue weighted by Crippen LogP contribution is -2.35. The van der Waals surface area contributed by atoms with Crippen molar-refractivity contribution < 1.29 is 14.3 Å². The zero-order valence-electron chi connectivity index (χ0n) is 13.4. The molecule has 1 aliphatic rings. The van der Waals surface area contributed by atoms with Gasteiger partial charge in [0.25, 0.3) is 5.24 Å². The fraction of sp³-hybridized carbons (Fsp3) is 0.500. The van der Waals surface area contributed by atoms with E-state index in [1.807, 2.05) is 18.2 Å². The van der Waals surface area contributed by atoms with E-state index in [1.54, 1.807) is 7.11 Å². The SMILES string of the molecule is COc1ccc(CC2SC(=O)NC2=O)cc1CNC(C)(C)C. The minimum absolute atomic E-state index is 0.00856. The molecule has 1 saturated heterocycles. The number of ether oxygens (including phenoxy) is 1. The standard InChI is InChI=1S/C16H22N2O3S/c1-16(2,3)17-9-11-7-10(5-6-12(11)21-4)8-13-14(19)18-15(20)22-13/h5-7,13,17H,8-9H2,1-4H3,(H,18,19,20). The second kappa shape index (κ2) is 6.71. The van der Waals surface area contributed by atoms with Crippen molar-refractivity contribution in [3.63, 3.8) is 0 Å². The van der Waals surface area contributed by atoms with Crippen LogP contribution in [-0.2, 0) is 17.8 Å². The number of carbonyl (C=O) groups excluding carboxylic acids is 2. The number of nitrogens with one attached hydrogen (secondary N) is 2. The van der Waals surface area contributed by atoms with Gasteiger partial charge in [-0.25, -0.2) is 0 Å². The summed E-state index contributed by atoms with van der Waals surface area (Å²) in [6.07, 6.45) is 0.536. The van der Waals surface area contributed by atoms with Gasteiger partial charge in [0.15, 0.2) is 0 Å². The highest BCUT2D eigenvalue weighted by Gasteiger charge is 2.31. The highest BCUT2D eigenvalue weighted by atomic mass is 32.2. The molecule has 0 radical (unpaired) electrons. The third-order valence-corrected chi connectivity index (χ3v) is 4.32. The van der Waals surface area contributed by atoms with Gasteiger partial charge in [0.1, 0.15) is 5.75 Å². The molecule has 1 heterocycles. The van der Waals surface area contributed by atoms with Crippen LogP contribution in [0.5, 0.6) is 5.75 Å². The number of imide groups is 1. The van der Waals surface area contributed by atoms with Crippen LogP contribution < -0.4 is 15.4 Å². The molecule has 0 bridgehead atoms. The molecule has 1 aliphatic heterocycles. The lowest BCUT2D eigenvalue weighted by molar-refractivity contribution is -0.118. The highest BCUT2D eigenvalue weighted by Crippen LogP contribution is 2.26. The van der Waals surface area contributed by atoms with E-state index in [1.165, 1.54) is 0 Å². The van der Waals surface area contributed by atoms with E-state index in [9.17, 15) is 9.59 Å². The fourth-order valence-corrected chi connectivity index (χ4v) is 3.06. The molecule has 1 aromatic carbocycles. The summed E-state index contributed by atoms with van der Waals surface area (Å²) in [7, 11) is 1.65. The van der Waals surface area contributed by atoms with E-state index in [2.05, 4.69) is 31.4 Å². The minimum Gasteiger partial charge on any atom is -0.496 e. The van der Waals surface area contributed by atoms with Gasteiger partial charge in [0.2, 0.25) is 5.91 Å². The first-order valence-corrected chi connectivity index (χ1v) is 8.09. The van der Waals surface area contributed by atoms with Crippen LogP contribution in [0.3, 0.4) is 0 Å². The summed E-state index contributed by atoms with van der Waals surface area (Å²) in [4.78, 5) is 22.9. The molecule has 0 spiro atoms. The van der Waals surface area contributed by atoms with Gasteiger partial charge in [-0.2, -0.15) is 0 Å². The Morgan fingerprint density at radius 2 is 2.05 bits per heavy atom. The van der Waals surface area contributed by atoms with E-state index in [-0.39, 0.29) is 21.9 Å². The van der Waals surface area contributed by atoms with Gasteiger partial charge in [-0.15, -0.1) is 0 Å². The highest BCUT2D eigenvalue weighted by molar-refractivity contribution is 8.15. The van der Waals surface area contributed by atoms with Crippen LogP contribution in [0.1, 0.15) is 31.9 Å². The number of thioether (sulfide) groups is 1. The first-order chi connectivity index (χ1) is 10.3. The van der Waals surface area contributed by atoms with Crippen LogP contribution in [0.15, 0.2) is 18.2 Å². The van der Waals surface area contributed by atoms with Gasteiger partial charge in [-0.05, 0) is 38.8 Å². The molecule has 1 fully saturated rings. The Morgan fingerprint density at radius 3 is 2.59 bits per heavy atom. The summed E-state index contributed by atoms with van der Waals surface area (Å²) in [5.74, 6) is 0.611. The molecule has 22 heavy (non-hydrogen) atoms. The second-order valence-corrected chi connectivity index (χ2v) is 7.51. The normalized spacial score (nSPS) is 18.5. The first-order valence-electron chi connectivity index (χ1n) is 7.21. The van der Waals surface area contributed by atoms with E-state index in [0.717, 1.165) is 28.6 Å². The maximum absolute atomic E-state index is 11.7. The molecule has 6 heteroatoms. The van der Waals surface area contributed by atoms with Crippen LogP contribution in [0.4, 0.5) is 4.79 Å². The third kappa shape index (κ3) is 4.48. The maximum atomic E-state index is 11.7. The molecule has 1 aromatic rings. The number of methoxy groups -OCH3 is 1. The van der Waals surface area contributed by atoms with E-state index >= 15 is 0 Å². The van der Waals surface area contributed by atoms with Gasteiger partial charge < -0.3 is 10.1 Å². The van der Waals surface area contributed by atoms with Gasteiger partial charge in [-0.1, -0.05) is 23.9 Å². The predicted molar refractivity (Wildman–Crippen MR) is 88.2 cm³/mol. The summed E-state index contributed by atoms with van der Waals surface area (Å²) >= 11 is 1.06. The molecule has 2 amide bonds. The Morgan fingerprint density at radius 1 is 1.32 bits per heavy atom. The lowest BCUT2D eigenvalue weighted by atomic mass is 10.0. The Hall–Kier alpha value is -1.53. The summed E-state index contributed by atoms with van der Waals surface area (Å²) < 4.78 is 5.40. The quantitative estimate of drug-likeness (QED) is 0.872. The minimum atomic E-state index is -0.343. The van der Waals surface area contributed by atoms with Crippen molar-refractivity contribution in [2.75, 3.05) is 7.11 Å². The van der Waals surface area contributed by atoms with E-state index in [0.29, 0.717) is 13.0 Å². The molecule has 1 unspecified atom stereocenters. The summed E-state index contributed by atoms with van der Waals surface area (Å²) in [6.45, 7) is 7.00. The monoisotopic (exact) mass is 322 g/mol. The average molecular weight is 322 g/mol. The topological polar surface area (TPSA) is 67.4 Å². The van der Waals surface area contributed by atoms with Crippen LogP contribution in [0, 0.1) is 0 Å². The molecular weight excluding hydrogens is 300 g/mol. The maximum Gasteiger partial charge on any atom is 0.286 e. The van der Waals surface area contributed by atoms with Gasteiger partial charge in [0, 0.05) is 17.6 Å². The van der Waals surface area contributed by atoms with Crippen LogP contribution in [-0.4, -0.2) is 29.0 Å². The molecular formula is C16H22N2O3S. The third-order valence-electron chi connectivity index (χ3n) is 3.34. The zero-order chi connectivity index (χ0) is 16.3. The van der Waals surface area contributed by atoms with Crippen LogP contribution in [0.2, 0.25) is 0 Å². The first kappa shape index (κ1) is 16.8. The number of benzene rings is 1. The summed E-state index contributed by atoms with van der Waals surface area (Å²) in [5.41, 5.74) is 2.08. The number of rotatable bonds is 5. The molecule has 5 nitrogen and oxygen atoms in total. The smallest absolute Gasteiger partial charge is 0.286 e. The van der Waals surface area contributed by atoms with Crippen molar-refractivity contribution in [1.29, 1.82) is 0 Å². The molecule has 0 aromatic heterocycles. The predicted octanol–water partition coefficient (Wildman–Crippen LogP) is 2.48. The lowest BCUT2D eigenvalue weighted by Gasteiger charge is -2.22. The van der Waals surface area contributed by atoms with E-state index < -0.39 is 0 Å². The van der Waals surface area contributed by atoms with Gasteiger partial charge in [0.05, 0.1) is 12.4 Å². The van der Waals surface area contributed by atoms with Crippen molar-refractivity contribution in [2.24, 2.45) is 0 Å². The van der Waals surface area contributed by atoms with Gasteiger partial charge >= 0.3 is 0 Å². The van der Waals surface area contributed by atoms with Crippen molar-refractivity contribution in [1.82, 2.24) is 10.6 Å². The van der Waals surface area contributed by atoms with E-state index in [4.69, 9.17) is 4.74 Å². The number of carbonyl (C=O) groups is 2. The Kier molecular flexibility index (Phi) is 5.13. The largest absolute Gasteiger partial charge is 0.496 e. The average Bonchev–Trinajstić information content (AvgIpc) is 2.74. The second-order valence-electron chi connectivity index (χ2n) is 6.34. The van der Waals surface area contributed by atoms with Crippen molar-refractivity contribution in [3.8, 4) is 5.75 Å². The van der Waals surface area contributed by atoms with Crippen LogP contribution >= 0.6 is 11.8 Å². The van der Waals surface area contributed by atoms with Crippen LogP contribution in [0.25, 0.3) is 0 Å². The molecule has 2 rings (SSSR count). The Labute approximate surface area is 135 Å². The number of amides is 2. The molecule has 1 atom stereocenters. The molecule has 2 N–H and O–H groups in total. The zero-order valence-corrected chi connectivity index (χ0v) is 14.2. The molecule has 120 valence electrons. The number of hydrogen-bond acceptors (Lipinski definition) is 5. The van der Waals surface area contributed by atoms with Crippen molar-refractivity contribution in [3.05, 3.63) is 29.3 Å². The van der Waals surface area contributed by atoms with Gasteiger partial charge in [-0.3, -0.25) is 14.9 Å². The molecule has 0 aliphatic carbocycles. The Bertz CT molecular complexity index is 581. The summed E-state index contributed by atoms with van der Waals surface area (Å²) in [5, 5.41) is 5.14. The number of hydrogen-bond donors (Lipinski definition) is 2. The molecule has 0 saturated carbocycles. The van der Waals surface area contributed by atoms with Crippen molar-refractivity contribution in [2.45, 2.75) is 44.5 Å². The van der Waals surface area contributed by atoms with Crippen molar-refractivity contribution >= 4 is 22.9 Å². The summed E-state index contributed by atoms with van der Waals surface area (Å²) in [6, 6.07) is 5.89. The fourth-order valence-electron chi connectivity index (χ4n) is 2.20. The Balaban J connectivity index is 2.12.